The monoisotopic (exact) mass is 440 g/mol. The molecule has 0 aliphatic rings. The molecule has 2 aromatic carbocycles. The molecule has 0 aliphatic heterocycles. The Bertz CT molecular complexity index is 990. The fourth-order valence-corrected chi connectivity index (χ4v) is 4.38. The van der Waals surface area contributed by atoms with Gasteiger partial charge in [-0.3, -0.25) is 9.59 Å². The van der Waals surface area contributed by atoms with Crippen LogP contribution in [-0.2, 0) is 17.1 Å². The van der Waals surface area contributed by atoms with E-state index in [0.29, 0.717) is 24.3 Å². The van der Waals surface area contributed by atoms with Crippen molar-refractivity contribution in [3.8, 4) is 0 Å². The Morgan fingerprint density at radius 3 is 2.73 bits per heavy atom. The summed E-state index contributed by atoms with van der Waals surface area (Å²) < 4.78 is 0. The Balaban J connectivity index is 1.59. The summed E-state index contributed by atoms with van der Waals surface area (Å²) in [6.07, 6.45) is 0. The normalized spacial score (nSPS) is 10.8. The molecule has 6 nitrogen and oxygen atoms in total. The number of benzene rings is 2. The second-order valence-corrected chi connectivity index (χ2v) is 8.67. The van der Waals surface area contributed by atoms with Crippen LogP contribution in [0.5, 0.6) is 0 Å². The molecule has 3 rings (SSSR count). The number of rotatable bonds is 9. The Labute approximate surface area is 184 Å². The number of carbonyl (C=O) groups is 2. The van der Waals surface area contributed by atoms with Crippen molar-refractivity contribution in [3.63, 3.8) is 0 Å². The summed E-state index contributed by atoms with van der Waals surface area (Å²) in [5.74, 6) is 0.522. The minimum Gasteiger partial charge on any atom is -0.348 e. The van der Waals surface area contributed by atoms with Gasteiger partial charge in [-0.05, 0) is 43.9 Å². The summed E-state index contributed by atoms with van der Waals surface area (Å²) in [6.45, 7) is 0.692. The van der Waals surface area contributed by atoms with Gasteiger partial charge in [0.05, 0.1) is 23.3 Å². The lowest BCUT2D eigenvalue weighted by atomic mass is 10.1. The summed E-state index contributed by atoms with van der Waals surface area (Å²) in [5.41, 5.74) is 5.10. The molecule has 2 amide bonds. The molecule has 0 saturated heterocycles. The van der Waals surface area contributed by atoms with Crippen LogP contribution in [-0.4, -0.2) is 42.3 Å². The first-order valence-corrected chi connectivity index (χ1v) is 11.3. The molecule has 0 saturated carbocycles. The highest BCUT2D eigenvalue weighted by Gasteiger charge is 2.12. The van der Waals surface area contributed by atoms with Gasteiger partial charge in [0.25, 0.3) is 5.91 Å². The van der Waals surface area contributed by atoms with Crippen molar-refractivity contribution in [1.82, 2.24) is 15.2 Å². The van der Waals surface area contributed by atoms with E-state index in [2.05, 4.69) is 15.6 Å². The van der Waals surface area contributed by atoms with E-state index in [0.717, 1.165) is 21.9 Å². The van der Waals surface area contributed by atoms with Crippen LogP contribution in [0, 0.1) is 0 Å². The van der Waals surface area contributed by atoms with E-state index >= 15 is 0 Å². The summed E-state index contributed by atoms with van der Waals surface area (Å²) in [5, 5.41) is 7.86. The van der Waals surface area contributed by atoms with Gasteiger partial charge in [-0.2, -0.15) is 0 Å². The van der Waals surface area contributed by atoms with Crippen molar-refractivity contribution >= 4 is 40.6 Å². The number of nitrogens with zero attached hydrogens (tertiary/aromatic N) is 2. The second kappa shape index (κ2) is 10.9. The molecule has 0 atom stereocenters. The zero-order chi connectivity index (χ0) is 21.3. The number of likely N-dealkylation sites (N-methyl/N-ethyl adjacent to an activating group) is 1. The molecule has 1 heterocycles. The van der Waals surface area contributed by atoms with Gasteiger partial charge in [0.15, 0.2) is 0 Å². The van der Waals surface area contributed by atoms with Crippen LogP contribution in [0.2, 0.25) is 0 Å². The molecule has 0 spiro atoms. The average molecular weight is 441 g/mol. The molecule has 3 aromatic rings. The first kappa shape index (κ1) is 22.0. The van der Waals surface area contributed by atoms with Gasteiger partial charge in [-0.1, -0.05) is 24.3 Å². The van der Waals surface area contributed by atoms with Gasteiger partial charge < -0.3 is 15.5 Å². The molecule has 0 unspecified atom stereocenters. The maximum Gasteiger partial charge on any atom is 0.252 e. The van der Waals surface area contributed by atoms with Crippen molar-refractivity contribution in [3.05, 3.63) is 76.2 Å². The maximum absolute atomic E-state index is 12.8. The predicted molar refractivity (Wildman–Crippen MR) is 123 cm³/mol. The minimum absolute atomic E-state index is 0.0766. The summed E-state index contributed by atoms with van der Waals surface area (Å²) in [4.78, 5) is 31.7. The van der Waals surface area contributed by atoms with Crippen molar-refractivity contribution < 1.29 is 9.59 Å². The summed E-state index contributed by atoms with van der Waals surface area (Å²) in [6, 6.07) is 15.1. The molecule has 1 aromatic heterocycles. The van der Waals surface area contributed by atoms with Gasteiger partial charge in [0.1, 0.15) is 0 Å². The van der Waals surface area contributed by atoms with Gasteiger partial charge in [0.2, 0.25) is 5.91 Å². The largest absolute Gasteiger partial charge is 0.348 e. The number of anilines is 1. The number of thioether (sulfide) groups is 1. The molecule has 2 N–H and O–H groups in total. The minimum atomic E-state index is -0.126. The highest BCUT2D eigenvalue weighted by Crippen LogP contribution is 2.26. The SMILES string of the molecule is CN(C)CC(=O)Nc1cccc(CNC(=O)c2ccccc2SCc2cscn2)c1. The van der Waals surface area contributed by atoms with E-state index in [1.54, 1.807) is 23.1 Å². The molecule has 8 heteroatoms. The van der Waals surface area contributed by atoms with Crippen LogP contribution in [0.25, 0.3) is 0 Å². The molecule has 30 heavy (non-hydrogen) atoms. The first-order chi connectivity index (χ1) is 14.5. The molecule has 0 bridgehead atoms. The highest BCUT2D eigenvalue weighted by molar-refractivity contribution is 7.98. The third-order valence-corrected chi connectivity index (χ3v) is 5.86. The standard InChI is InChI=1S/C22H24N4O2S2/c1-26(2)12-21(27)25-17-7-5-6-16(10-17)11-23-22(28)19-8-3-4-9-20(19)30-14-18-13-29-15-24-18/h3-10,13,15H,11-12,14H2,1-2H3,(H,23,28)(H,25,27). The fraction of sp³-hybridized carbons (Fsp3) is 0.227. The zero-order valence-electron chi connectivity index (χ0n) is 16.9. The lowest BCUT2D eigenvalue weighted by Gasteiger charge is -2.12. The Morgan fingerprint density at radius 2 is 1.97 bits per heavy atom. The zero-order valence-corrected chi connectivity index (χ0v) is 18.6. The average Bonchev–Trinajstić information content (AvgIpc) is 3.24. The van der Waals surface area contributed by atoms with Gasteiger partial charge in [-0.15, -0.1) is 23.1 Å². The summed E-state index contributed by atoms with van der Waals surface area (Å²) >= 11 is 3.17. The quantitative estimate of drug-likeness (QED) is 0.494. The van der Waals surface area contributed by atoms with E-state index in [4.69, 9.17) is 0 Å². The lowest BCUT2D eigenvalue weighted by molar-refractivity contribution is -0.116. The van der Waals surface area contributed by atoms with E-state index in [1.165, 1.54) is 0 Å². The third kappa shape index (κ3) is 6.69. The number of thiazole rings is 1. The lowest BCUT2D eigenvalue weighted by Crippen LogP contribution is -2.27. The first-order valence-electron chi connectivity index (χ1n) is 9.42. The third-order valence-electron chi connectivity index (χ3n) is 4.11. The van der Waals surface area contributed by atoms with Crippen molar-refractivity contribution in [2.75, 3.05) is 26.0 Å². The van der Waals surface area contributed by atoms with Crippen molar-refractivity contribution in [2.24, 2.45) is 0 Å². The van der Waals surface area contributed by atoms with Crippen LogP contribution in [0.4, 0.5) is 5.69 Å². The molecule has 156 valence electrons. The van der Waals surface area contributed by atoms with E-state index in [-0.39, 0.29) is 11.8 Å². The molecule has 0 radical (unpaired) electrons. The number of hydrogen-bond acceptors (Lipinski definition) is 6. The van der Waals surface area contributed by atoms with Crippen LogP contribution in [0.15, 0.2) is 64.3 Å². The van der Waals surface area contributed by atoms with Gasteiger partial charge >= 0.3 is 0 Å². The van der Waals surface area contributed by atoms with Crippen molar-refractivity contribution in [2.45, 2.75) is 17.2 Å². The van der Waals surface area contributed by atoms with Crippen LogP contribution in [0.3, 0.4) is 0 Å². The number of amides is 2. The van der Waals surface area contributed by atoms with Gasteiger partial charge in [-0.25, -0.2) is 4.98 Å². The van der Waals surface area contributed by atoms with Crippen LogP contribution >= 0.6 is 23.1 Å². The van der Waals surface area contributed by atoms with E-state index in [1.807, 2.05) is 78.4 Å². The molecule has 0 fully saturated rings. The molecule has 0 aliphatic carbocycles. The smallest absolute Gasteiger partial charge is 0.252 e. The Morgan fingerprint density at radius 1 is 1.13 bits per heavy atom. The van der Waals surface area contributed by atoms with E-state index < -0.39 is 0 Å². The van der Waals surface area contributed by atoms with E-state index in [9.17, 15) is 9.59 Å². The van der Waals surface area contributed by atoms with Crippen LogP contribution in [0.1, 0.15) is 21.6 Å². The van der Waals surface area contributed by atoms with Gasteiger partial charge in [0, 0.05) is 28.3 Å². The Hall–Kier alpha value is -2.68. The van der Waals surface area contributed by atoms with Crippen molar-refractivity contribution in [1.29, 1.82) is 0 Å². The predicted octanol–water partition coefficient (Wildman–Crippen LogP) is 3.87. The van der Waals surface area contributed by atoms with Crippen LogP contribution < -0.4 is 10.6 Å². The number of hydrogen-bond donors (Lipinski definition) is 2. The number of aromatic nitrogens is 1. The molecular weight excluding hydrogens is 416 g/mol. The maximum atomic E-state index is 12.8. The number of nitrogens with one attached hydrogen (secondary N) is 2. The Kier molecular flexibility index (Phi) is 8.01. The topological polar surface area (TPSA) is 74.3 Å². The summed E-state index contributed by atoms with van der Waals surface area (Å²) in [7, 11) is 3.69. The number of carbonyl (C=O) groups excluding carboxylic acids is 2. The second-order valence-electron chi connectivity index (χ2n) is 6.93. The fourth-order valence-electron chi connectivity index (χ4n) is 2.76. The highest BCUT2D eigenvalue weighted by atomic mass is 32.2. The molecular formula is C22H24N4O2S2.